The number of alkyl halides is 2. The van der Waals surface area contributed by atoms with E-state index in [1.54, 1.807) is 12.3 Å². The summed E-state index contributed by atoms with van der Waals surface area (Å²) < 4.78 is 40.1. The second-order valence-corrected chi connectivity index (χ2v) is 5.87. The molecular weight excluding hydrogens is 319 g/mol. The molecule has 0 bridgehead atoms. The Kier molecular flexibility index (Phi) is 4.57. The number of H-pyrrole nitrogens is 1. The number of hydrogen-bond acceptors (Lipinski definition) is 3. The number of nitrogens with zero attached hydrogens (tertiary/aromatic N) is 2. The van der Waals surface area contributed by atoms with Gasteiger partial charge >= 0.3 is 0 Å². The van der Waals surface area contributed by atoms with Gasteiger partial charge in [0.15, 0.2) is 5.82 Å². The molecule has 1 aliphatic heterocycles. The number of hydrogen-bond donors (Lipinski definition) is 3. The highest BCUT2D eigenvalue weighted by Crippen LogP contribution is 2.28. The van der Waals surface area contributed by atoms with E-state index in [-0.39, 0.29) is 24.4 Å². The molecular formula is C16H18F3N5. The molecule has 5 nitrogen and oxygen atoms in total. The van der Waals surface area contributed by atoms with Crippen LogP contribution >= 0.6 is 0 Å². The molecule has 3 rings (SSSR count). The van der Waals surface area contributed by atoms with Gasteiger partial charge in [0, 0.05) is 44.9 Å². The highest BCUT2D eigenvalue weighted by atomic mass is 19.3. The number of aromatic nitrogens is 2. The standard InChI is InChI=1S/C16H18F3N5/c17-12-9-21-5-2-13(12)23-15(20)14-11(1-6-22-14)10-24-7-3-16(18,19)4-8-24/h1-2,5-6,9,22H,3-4,7-8,10H2,(H2,20,21,23). The summed E-state index contributed by atoms with van der Waals surface area (Å²) in [5.41, 5.74) is 1.49. The highest BCUT2D eigenvalue weighted by molar-refractivity contribution is 6.05. The van der Waals surface area contributed by atoms with Crippen molar-refractivity contribution in [3.05, 3.63) is 47.8 Å². The van der Waals surface area contributed by atoms with Crippen LogP contribution in [0.1, 0.15) is 24.1 Å². The number of aromatic amines is 1. The van der Waals surface area contributed by atoms with E-state index in [2.05, 4.69) is 15.3 Å². The van der Waals surface area contributed by atoms with Gasteiger partial charge in [-0.05, 0) is 17.7 Å². The molecule has 3 N–H and O–H groups in total. The van der Waals surface area contributed by atoms with Crippen molar-refractivity contribution in [3.63, 3.8) is 0 Å². The Balaban J connectivity index is 1.67. The van der Waals surface area contributed by atoms with Crippen LogP contribution in [0.4, 0.5) is 18.9 Å². The summed E-state index contributed by atoms with van der Waals surface area (Å²) in [5, 5.41) is 10.8. The molecule has 1 aliphatic rings. The number of halogens is 3. The summed E-state index contributed by atoms with van der Waals surface area (Å²) in [6.45, 7) is 1.10. The minimum atomic E-state index is -2.58. The molecule has 0 aliphatic carbocycles. The van der Waals surface area contributed by atoms with Crippen molar-refractivity contribution >= 4 is 11.5 Å². The number of amidine groups is 1. The lowest BCUT2D eigenvalue weighted by atomic mass is 10.1. The Labute approximate surface area is 137 Å². The van der Waals surface area contributed by atoms with E-state index in [1.807, 2.05) is 4.90 Å². The third-order valence-corrected chi connectivity index (χ3v) is 4.10. The van der Waals surface area contributed by atoms with Crippen LogP contribution in [0.2, 0.25) is 0 Å². The van der Waals surface area contributed by atoms with Crippen LogP contribution in [0.15, 0.2) is 30.7 Å². The first-order valence-corrected chi connectivity index (χ1v) is 7.66. The van der Waals surface area contributed by atoms with Gasteiger partial charge in [-0.2, -0.15) is 0 Å². The highest BCUT2D eigenvalue weighted by Gasteiger charge is 2.34. The van der Waals surface area contributed by atoms with E-state index >= 15 is 0 Å². The van der Waals surface area contributed by atoms with Crippen molar-refractivity contribution in [2.24, 2.45) is 0 Å². The SMILES string of the molecule is N=C(Nc1ccncc1F)c1[nH]ccc1CN1CCC(F)(F)CC1. The van der Waals surface area contributed by atoms with Gasteiger partial charge in [0.2, 0.25) is 0 Å². The number of pyridine rings is 1. The van der Waals surface area contributed by atoms with E-state index < -0.39 is 11.7 Å². The number of anilines is 1. The third-order valence-electron chi connectivity index (χ3n) is 4.10. The van der Waals surface area contributed by atoms with E-state index in [4.69, 9.17) is 5.41 Å². The van der Waals surface area contributed by atoms with Crippen molar-refractivity contribution in [3.8, 4) is 0 Å². The molecule has 0 amide bonds. The second kappa shape index (κ2) is 6.64. The third kappa shape index (κ3) is 3.76. The van der Waals surface area contributed by atoms with Gasteiger partial charge in [-0.25, -0.2) is 13.2 Å². The Hall–Kier alpha value is -2.35. The number of piperidine rings is 1. The summed E-state index contributed by atoms with van der Waals surface area (Å²) in [6.07, 6.45) is 3.89. The summed E-state index contributed by atoms with van der Waals surface area (Å²) in [4.78, 5) is 8.55. The lowest BCUT2D eigenvalue weighted by Gasteiger charge is -2.31. The summed E-state index contributed by atoms with van der Waals surface area (Å²) in [6, 6.07) is 3.25. The molecule has 8 heteroatoms. The molecule has 0 radical (unpaired) electrons. The summed E-state index contributed by atoms with van der Waals surface area (Å²) >= 11 is 0. The predicted molar refractivity (Wildman–Crippen MR) is 84.9 cm³/mol. The zero-order chi connectivity index (χ0) is 17.2. The van der Waals surface area contributed by atoms with Crippen LogP contribution in [0.5, 0.6) is 0 Å². The van der Waals surface area contributed by atoms with Gasteiger partial charge in [0.1, 0.15) is 5.84 Å². The maximum atomic E-state index is 13.6. The zero-order valence-corrected chi connectivity index (χ0v) is 13.0. The average molecular weight is 337 g/mol. The molecule has 2 aromatic rings. The quantitative estimate of drug-likeness (QED) is 0.593. The van der Waals surface area contributed by atoms with Gasteiger partial charge < -0.3 is 10.3 Å². The van der Waals surface area contributed by atoms with Crippen molar-refractivity contribution in [1.29, 1.82) is 5.41 Å². The van der Waals surface area contributed by atoms with Gasteiger partial charge in [-0.3, -0.25) is 15.3 Å². The molecule has 0 saturated carbocycles. The first-order valence-electron chi connectivity index (χ1n) is 7.66. The lowest BCUT2D eigenvalue weighted by molar-refractivity contribution is -0.0566. The number of nitrogens with one attached hydrogen (secondary N) is 3. The molecule has 1 fully saturated rings. The first-order chi connectivity index (χ1) is 11.4. The molecule has 0 aromatic carbocycles. The normalized spacial score (nSPS) is 17.6. The zero-order valence-electron chi connectivity index (χ0n) is 13.0. The summed E-state index contributed by atoms with van der Waals surface area (Å²) in [7, 11) is 0. The molecule has 0 unspecified atom stereocenters. The van der Waals surface area contributed by atoms with Crippen molar-refractivity contribution in [1.82, 2.24) is 14.9 Å². The van der Waals surface area contributed by atoms with Crippen LogP contribution in [0.25, 0.3) is 0 Å². The van der Waals surface area contributed by atoms with Gasteiger partial charge in [-0.1, -0.05) is 0 Å². The van der Waals surface area contributed by atoms with Crippen LogP contribution < -0.4 is 5.32 Å². The molecule has 3 heterocycles. The van der Waals surface area contributed by atoms with Gasteiger partial charge in [0.25, 0.3) is 5.92 Å². The van der Waals surface area contributed by atoms with Crippen LogP contribution in [-0.4, -0.2) is 39.7 Å². The van der Waals surface area contributed by atoms with Crippen LogP contribution in [-0.2, 0) is 6.54 Å². The maximum Gasteiger partial charge on any atom is 0.250 e. The largest absolute Gasteiger partial charge is 0.358 e. The fraction of sp³-hybridized carbons (Fsp3) is 0.375. The van der Waals surface area contributed by atoms with Crippen LogP contribution in [0.3, 0.4) is 0 Å². The van der Waals surface area contributed by atoms with Crippen molar-refractivity contribution < 1.29 is 13.2 Å². The number of likely N-dealkylation sites (tertiary alicyclic amines) is 1. The van der Waals surface area contributed by atoms with Gasteiger partial charge in [0.05, 0.1) is 17.6 Å². The second-order valence-electron chi connectivity index (χ2n) is 5.87. The van der Waals surface area contributed by atoms with E-state index in [0.29, 0.717) is 25.3 Å². The van der Waals surface area contributed by atoms with Crippen molar-refractivity contribution in [2.75, 3.05) is 18.4 Å². The van der Waals surface area contributed by atoms with E-state index in [9.17, 15) is 13.2 Å². The minimum Gasteiger partial charge on any atom is -0.358 e. The topological polar surface area (TPSA) is 67.8 Å². The Morgan fingerprint density at radius 1 is 1.33 bits per heavy atom. The fourth-order valence-corrected chi connectivity index (χ4v) is 2.72. The predicted octanol–water partition coefficient (Wildman–Crippen LogP) is 3.22. The lowest BCUT2D eigenvalue weighted by Crippen LogP contribution is -2.39. The van der Waals surface area contributed by atoms with Gasteiger partial charge in [-0.15, -0.1) is 0 Å². The molecule has 128 valence electrons. The Morgan fingerprint density at radius 2 is 2.08 bits per heavy atom. The monoisotopic (exact) mass is 337 g/mol. The molecule has 1 saturated heterocycles. The van der Waals surface area contributed by atoms with E-state index in [1.165, 1.54) is 12.3 Å². The Morgan fingerprint density at radius 3 is 2.79 bits per heavy atom. The fourth-order valence-electron chi connectivity index (χ4n) is 2.72. The van der Waals surface area contributed by atoms with Crippen molar-refractivity contribution in [2.45, 2.75) is 25.3 Å². The molecule has 0 atom stereocenters. The average Bonchev–Trinajstić information content (AvgIpc) is 3.00. The smallest absolute Gasteiger partial charge is 0.250 e. The molecule has 24 heavy (non-hydrogen) atoms. The Bertz CT molecular complexity index is 718. The van der Waals surface area contributed by atoms with E-state index in [0.717, 1.165) is 11.8 Å². The summed E-state index contributed by atoms with van der Waals surface area (Å²) in [5.74, 6) is -3.11. The minimum absolute atomic E-state index is 0.0161. The number of rotatable bonds is 4. The first kappa shape index (κ1) is 16.5. The molecule has 0 spiro atoms. The maximum absolute atomic E-state index is 13.6. The van der Waals surface area contributed by atoms with Crippen LogP contribution in [0, 0.1) is 11.2 Å². The molecule has 2 aromatic heterocycles.